The van der Waals surface area contributed by atoms with Gasteiger partial charge in [-0.05, 0) is 53.8 Å². The molecule has 2 heteroatoms. The Kier molecular flexibility index (Phi) is 2.47. The average molecular weight is 350 g/mol. The van der Waals surface area contributed by atoms with Gasteiger partial charge in [-0.15, -0.1) is 0 Å². The van der Waals surface area contributed by atoms with E-state index in [1.54, 1.807) is 0 Å². The van der Waals surface area contributed by atoms with Crippen LogP contribution in [0.5, 0.6) is 0 Å². The molecule has 0 radical (unpaired) electrons. The van der Waals surface area contributed by atoms with Crippen molar-refractivity contribution in [3.63, 3.8) is 0 Å². The summed E-state index contributed by atoms with van der Waals surface area (Å²) in [6.07, 6.45) is 5.84. The van der Waals surface area contributed by atoms with Crippen molar-refractivity contribution in [2.45, 2.75) is 51.3 Å². The van der Waals surface area contributed by atoms with Crippen molar-refractivity contribution in [2.75, 3.05) is 5.33 Å². The Labute approximate surface area is 116 Å². The van der Waals surface area contributed by atoms with Crippen molar-refractivity contribution in [3.8, 4) is 0 Å². The fourth-order valence-electron chi connectivity index (χ4n) is 5.36. The summed E-state index contributed by atoms with van der Waals surface area (Å²) in [6, 6.07) is 0. The van der Waals surface area contributed by atoms with Gasteiger partial charge in [-0.25, -0.2) is 0 Å². The van der Waals surface area contributed by atoms with Crippen LogP contribution in [0.2, 0.25) is 0 Å². The average Bonchev–Trinajstić information content (AvgIpc) is 2.21. The lowest BCUT2D eigenvalue weighted by molar-refractivity contribution is -0.191. The Morgan fingerprint density at radius 1 is 1.12 bits per heavy atom. The van der Waals surface area contributed by atoms with Crippen LogP contribution in [0.4, 0.5) is 0 Å². The molecule has 1 unspecified atom stereocenters. The third-order valence-electron chi connectivity index (χ3n) is 6.67. The van der Waals surface area contributed by atoms with Crippen LogP contribution in [0.3, 0.4) is 0 Å². The maximum atomic E-state index is 4.07. The van der Waals surface area contributed by atoms with Crippen LogP contribution in [0.15, 0.2) is 0 Å². The summed E-state index contributed by atoms with van der Waals surface area (Å²) in [5, 5.41) is 1.17. The van der Waals surface area contributed by atoms with Crippen molar-refractivity contribution in [2.24, 2.45) is 28.1 Å². The first-order valence-electron chi connectivity index (χ1n) is 6.56. The van der Waals surface area contributed by atoms with Crippen molar-refractivity contribution >= 4 is 31.9 Å². The molecule has 0 heterocycles. The quantitative estimate of drug-likeness (QED) is 0.584. The first-order valence-corrected chi connectivity index (χ1v) is 8.60. The van der Waals surface area contributed by atoms with Crippen molar-refractivity contribution in [3.05, 3.63) is 0 Å². The van der Waals surface area contributed by atoms with E-state index >= 15 is 0 Å². The predicted octanol–water partition coefficient (Wildman–Crippen LogP) is 5.00. The minimum Gasteiger partial charge on any atom is -0.0921 e. The number of rotatable bonds is 1. The summed E-state index contributed by atoms with van der Waals surface area (Å²) in [4.78, 5) is 0.735. The molecule has 0 N–H and O–H groups in total. The van der Waals surface area contributed by atoms with E-state index in [-0.39, 0.29) is 0 Å². The van der Waals surface area contributed by atoms with Gasteiger partial charge in [0, 0.05) is 10.2 Å². The Morgan fingerprint density at radius 2 is 1.81 bits per heavy atom. The third kappa shape index (κ3) is 1.12. The molecule has 4 fully saturated rings. The predicted molar refractivity (Wildman–Crippen MR) is 76.3 cm³/mol. The van der Waals surface area contributed by atoms with Crippen LogP contribution in [-0.4, -0.2) is 10.2 Å². The molecule has 92 valence electrons. The zero-order valence-electron chi connectivity index (χ0n) is 10.5. The van der Waals surface area contributed by atoms with Crippen LogP contribution in [0.1, 0.15) is 46.5 Å². The third-order valence-corrected chi connectivity index (χ3v) is 9.30. The first-order chi connectivity index (χ1) is 7.36. The second-order valence-electron chi connectivity index (χ2n) is 7.35. The smallest absolute Gasteiger partial charge is 0.0244 e. The van der Waals surface area contributed by atoms with E-state index in [4.69, 9.17) is 0 Å². The minimum absolute atomic E-state index is 0.463. The normalized spacial score (nSPS) is 57.9. The number of halogens is 2. The van der Waals surface area contributed by atoms with E-state index in [1.165, 1.54) is 31.0 Å². The zero-order chi connectivity index (χ0) is 11.8. The van der Waals surface area contributed by atoms with Gasteiger partial charge in [0.1, 0.15) is 0 Å². The van der Waals surface area contributed by atoms with Gasteiger partial charge in [0.05, 0.1) is 0 Å². The van der Waals surface area contributed by atoms with Gasteiger partial charge in [0.15, 0.2) is 0 Å². The molecule has 0 aromatic rings. The molecule has 4 bridgehead atoms. The van der Waals surface area contributed by atoms with Crippen molar-refractivity contribution in [1.82, 2.24) is 0 Å². The Bertz CT molecular complexity index is 325. The van der Waals surface area contributed by atoms with Crippen LogP contribution >= 0.6 is 31.9 Å². The largest absolute Gasteiger partial charge is 0.0921 e. The molecule has 16 heavy (non-hydrogen) atoms. The van der Waals surface area contributed by atoms with E-state index in [0.29, 0.717) is 16.2 Å². The molecule has 5 atom stereocenters. The topological polar surface area (TPSA) is 0 Å². The van der Waals surface area contributed by atoms with Gasteiger partial charge < -0.3 is 0 Å². The molecule has 0 nitrogen and oxygen atoms in total. The molecule has 4 rings (SSSR count). The monoisotopic (exact) mass is 348 g/mol. The van der Waals surface area contributed by atoms with E-state index in [0.717, 1.165) is 16.7 Å². The summed E-state index contributed by atoms with van der Waals surface area (Å²) in [7, 11) is 0. The van der Waals surface area contributed by atoms with Gasteiger partial charge >= 0.3 is 0 Å². The number of hydrogen-bond acceptors (Lipinski definition) is 0. The second-order valence-corrected chi connectivity index (χ2v) is 8.90. The molecule has 0 saturated heterocycles. The standard InChI is InChI=1S/C14H22Br2/c1-12(2)13(3)5-9-4-10(7-13)11(16)14(12,6-9)8-15/h9-11H,4-8H2,1-3H3/t9-,10+,11?,13-,14-/m0/s1. The lowest BCUT2D eigenvalue weighted by Crippen LogP contribution is -2.68. The van der Waals surface area contributed by atoms with Crippen LogP contribution in [0.25, 0.3) is 0 Å². The SMILES string of the molecule is CC1(C)[C@@]2(C)C[C@@H]3C[C@H](C2)C(Br)[C@@]1(CBr)C3. The molecule has 0 aromatic carbocycles. The molecular formula is C14H22Br2. The van der Waals surface area contributed by atoms with Crippen LogP contribution in [0, 0.1) is 28.1 Å². The molecule has 0 aliphatic heterocycles. The van der Waals surface area contributed by atoms with Crippen LogP contribution < -0.4 is 0 Å². The van der Waals surface area contributed by atoms with E-state index in [9.17, 15) is 0 Å². The van der Waals surface area contributed by atoms with Gasteiger partial charge in [-0.2, -0.15) is 0 Å². The first kappa shape index (κ1) is 12.0. The Hall–Kier alpha value is 0.960. The van der Waals surface area contributed by atoms with E-state index < -0.39 is 0 Å². The van der Waals surface area contributed by atoms with Crippen molar-refractivity contribution < 1.29 is 0 Å². The van der Waals surface area contributed by atoms with Gasteiger partial charge in [0.2, 0.25) is 0 Å². The maximum absolute atomic E-state index is 4.07. The second kappa shape index (κ2) is 3.29. The summed E-state index contributed by atoms with van der Waals surface area (Å²) in [5.74, 6) is 1.94. The lowest BCUT2D eigenvalue weighted by Gasteiger charge is -2.72. The van der Waals surface area contributed by atoms with Gasteiger partial charge in [-0.1, -0.05) is 52.6 Å². The maximum Gasteiger partial charge on any atom is 0.0244 e. The summed E-state index contributed by atoms with van der Waals surface area (Å²) < 4.78 is 0. The van der Waals surface area contributed by atoms with E-state index in [2.05, 4.69) is 52.6 Å². The molecule has 4 aliphatic rings. The molecular weight excluding hydrogens is 328 g/mol. The molecule has 4 aliphatic carbocycles. The number of alkyl halides is 2. The highest BCUT2D eigenvalue weighted by Crippen LogP contribution is 2.74. The summed E-state index contributed by atoms with van der Waals surface area (Å²) >= 11 is 7.91. The summed E-state index contributed by atoms with van der Waals surface area (Å²) in [6.45, 7) is 7.61. The lowest BCUT2D eigenvalue weighted by atomic mass is 9.35. The highest BCUT2D eigenvalue weighted by atomic mass is 79.9. The Morgan fingerprint density at radius 3 is 2.44 bits per heavy atom. The molecule has 4 saturated carbocycles. The molecule has 0 aromatic heterocycles. The number of hydrogen-bond donors (Lipinski definition) is 0. The molecule has 0 spiro atoms. The highest BCUT2D eigenvalue weighted by molar-refractivity contribution is 9.10. The van der Waals surface area contributed by atoms with Crippen molar-refractivity contribution in [1.29, 1.82) is 0 Å². The highest BCUT2D eigenvalue weighted by Gasteiger charge is 2.69. The fraction of sp³-hybridized carbons (Fsp3) is 1.00. The zero-order valence-corrected chi connectivity index (χ0v) is 13.7. The van der Waals surface area contributed by atoms with Crippen LogP contribution in [-0.2, 0) is 0 Å². The van der Waals surface area contributed by atoms with Gasteiger partial charge in [-0.3, -0.25) is 0 Å². The minimum atomic E-state index is 0.463. The summed E-state index contributed by atoms with van der Waals surface area (Å²) in [5.41, 5.74) is 1.54. The fourth-order valence-corrected chi connectivity index (χ4v) is 8.39. The van der Waals surface area contributed by atoms with Gasteiger partial charge in [0.25, 0.3) is 0 Å². The Balaban J connectivity index is 2.14. The van der Waals surface area contributed by atoms with E-state index in [1.807, 2.05) is 0 Å². The molecule has 0 amide bonds.